The molecule has 0 aromatic heterocycles. The average molecular weight is 571 g/mol. The van der Waals surface area contributed by atoms with Crippen molar-refractivity contribution in [1.82, 2.24) is 16.0 Å². The average Bonchev–Trinajstić information content (AvgIpc) is 2.93. The van der Waals surface area contributed by atoms with Crippen molar-refractivity contribution in [2.45, 2.75) is 62.7 Å². The topological polar surface area (TPSA) is 240 Å². The zero-order valence-corrected chi connectivity index (χ0v) is 22.6. The zero-order valence-electron chi connectivity index (χ0n) is 22.6. The SMILES string of the molecule is NCCCCC(N)C(=O)NC(Cc1ccccc1)C(=O)NC(Cc1ccc(O)cc1)C(=O)NC(CC(N)=O)C(=O)O. The molecule has 2 aromatic carbocycles. The molecule has 4 atom stereocenters. The molecule has 13 nitrogen and oxygen atoms in total. The molecule has 0 saturated carbocycles. The normalized spacial score (nSPS) is 13.7. The lowest BCUT2D eigenvalue weighted by Crippen LogP contribution is -2.58. The third-order valence-corrected chi connectivity index (χ3v) is 6.25. The standard InChI is InChI=1S/C28H38N6O7/c29-13-5-4-8-20(30)25(37)32-21(14-17-6-2-1-3-7-17)26(38)33-22(15-18-9-11-19(35)12-10-18)27(39)34-23(28(40)41)16-24(31)36/h1-3,6-7,9-12,20-23,35H,4-5,8,13-16,29-30H2,(H2,31,36)(H,32,37)(H,33,38)(H,34,39)(H,40,41). The van der Waals surface area contributed by atoms with Crippen LogP contribution in [-0.2, 0) is 36.8 Å². The van der Waals surface area contributed by atoms with Gasteiger partial charge in [-0.15, -0.1) is 0 Å². The fraction of sp³-hybridized carbons (Fsp3) is 0.393. The predicted molar refractivity (Wildman–Crippen MR) is 150 cm³/mol. The van der Waals surface area contributed by atoms with Crippen LogP contribution in [0.15, 0.2) is 54.6 Å². The Labute approximate surface area is 237 Å². The zero-order chi connectivity index (χ0) is 30.4. The second kappa shape index (κ2) is 16.6. The molecular weight excluding hydrogens is 532 g/mol. The number of carboxylic acids is 1. The number of aromatic hydroxyl groups is 1. The molecule has 0 aliphatic carbocycles. The van der Waals surface area contributed by atoms with Crippen molar-refractivity contribution in [3.63, 3.8) is 0 Å². The maximum atomic E-state index is 13.5. The first-order valence-electron chi connectivity index (χ1n) is 13.2. The van der Waals surface area contributed by atoms with Crippen LogP contribution in [-0.4, -0.2) is 70.5 Å². The van der Waals surface area contributed by atoms with E-state index in [1.165, 1.54) is 24.3 Å². The van der Waals surface area contributed by atoms with Crippen molar-refractivity contribution in [3.05, 3.63) is 65.7 Å². The Kier molecular flexibility index (Phi) is 13.2. The number of hydrogen-bond donors (Lipinski definition) is 8. The molecular formula is C28H38N6O7. The number of unbranched alkanes of at least 4 members (excludes halogenated alkanes) is 1. The van der Waals surface area contributed by atoms with Gasteiger partial charge in [0.05, 0.1) is 12.5 Å². The van der Waals surface area contributed by atoms with Gasteiger partial charge >= 0.3 is 5.97 Å². The summed E-state index contributed by atoms with van der Waals surface area (Å²) in [4.78, 5) is 62.5. The summed E-state index contributed by atoms with van der Waals surface area (Å²) in [6.45, 7) is 0.458. The summed E-state index contributed by atoms with van der Waals surface area (Å²) >= 11 is 0. The Balaban J connectivity index is 2.30. The molecule has 0 bridgehead atoms. The number of carboxylic acid groups (broad SMARTS) is 1. The molecule has 222 valence electrons. The van der Waals surface area contributed by atoms with E-state index in [1.54, 1.807) is 30.3 Å². The molecule has 2 rings (SSSR count). The number of rotatable bonds is 17. The van der Waals surface area contributed by atoms with Gasteiger partial charge < -0.3 is 43.4 Å². The lowest BCUT2D eigenvalue weighted by molar-refractivity contribution is -0.143. The highest BCUT2D eigenvalue weighted by molar-refractivity contribution is 5.95. The van der Waals surface area contributed by atoms with Crippen LogP contribution >= 0.6 is 0 Å². The van der Waals surface area contributed by atoms with E-state index in [0.29, 0.717) is 31.4 Å². The molecule has 0 fully saturated rings. The highest BCUT2D eigenvalue weighted by Gasteiger charge is 2.31. The van der Waals surface area contributed by atoms with E-state index in [-0.39, 0.29) is 18.6 Å². The molecule has 0 saturated heterocycles. The molecule has 0 heterocycles. The first-order valence-corrected chi connectivity index (χ1v) is 13.2. The van der Waals surface area contributed by atoms with E-state index in [4.69, 9.17) is 17.2 Å². The first-order chi connectivity index (χ1) is 19.5. The lowest BCUT2D eigenvalue weighted by Gasteiger charge is -2.25. The predicted octanol–water partition coefficient (Wildman–Crippen LogP) is -0.952. The van der Waals surface area contributed by atoms with Gasteiger partial charge in [0.1, 0.15) is 23.9 Å². The van der Waals surface area contributed by atoms with E-state index in [1.807, 2.05) is 0 Å². The van der Waals surface area contributed by atoms with Crippen molar-refractivity contribution in [2.24, 2.45) is 17.2 Å². The molecule has 0 aliphatic heterocycles. The Morgan fingerprint density at radius 1 is 0.732 bits per heavy atom. The number of hydrogen-bond acceptors (Lipinski definition) is 8. The number of nitrogens with two attached hydrogens (primary N) is 3. The number of carbonyl (C=O) groups is 5. The third-order valence-electron chi connectivity index (χ3n) is 6.25. The second-order valence-corrected chi connectivity index (χ2v) is 9.64. The quantitative estimate of drug-likeness (QED) is 0.109. The minimum Gasteiger partial charge on any atom is -0.508 e. The van der Waals surface area contributed by atoms with Crippen LogP contribution in [0.2, 0.25) is 0 Å². The van der Waals surface area contributed by atoms with Crippen LogP contribution in [0.1, 0.15) is 36.8 Å². The van der Waals surface area contributed by atoms with Crippen LogP contribution in [0.5, 0.6) is 5.75 Å². The maximum Gasteiger partial charge on any atom is 0.326 e. The molecule has 4 amide bonds. The monoisotopic (exact) mass is 570 g/mol. The van der Waals surface area contributed by atoms with Crippen molar-refractivity contribution in [1.29, 1.82) is 0 Å². The van der Waals surface area contributed by atoms with Gasteiger partial charge in [0, 0.05) is 12.8 Å². The van der Waals surface area contributed by atoms with Crippen LogP contribution < -0.4 is 33.2 Å². The van der Waals surface area contributed by atoms with Gasteiger partial charge in [-0.25, -0.2) is 4.79 Å². The third kappa shape index (κ3) is 11.6. The van der Waals surface area contributed by atoms with Gasteiger partial charge in [-0.1, -0.05) is 48.9 Å². The summed E-state index contributed by atoms with van der Waals surface area (Å²) in [5.74, 6) is -4.58. The fourth-order valence-corrected chi connectivity index (χ4v) is 4.00. The summed E-state index contributed by atoms with van der Waals surface area (Å²) in [5, 5.41) is 26.5. The minimum atomic E-state index is -1.62. The minimum absolute atomic E-state index is 0.0142. The van der Waals surface area contributed by atoms with Crippen LogP contribution in [0.4, 0.5) is 0 Å². The molecule has 0 radical (unpaired) electrons. The smallest absolute Gasteiger partial charge is 0.326 e. The molecule has 11 N–H and O–H groups in total. The van der Waals surface area contributed by atoms with Crippen LogP contribution in [0.25, 0.3) is 0 Å². The summed E-state index contributed by atoms with van der Waals surface area (Å²) in [5.41, 5.74) is 17.9. The van der Waals surface area contributed by atoms with Crippen LogP contribution in [0, 0.1) is 0 Å². The highest BCUT2D eigenvalue weighted by Crippen LogP contribution is 2.13. The molecule has 13 heteroatoms. The van der Waals surface area contributed by atoms with Crippen molar-refractivity contribution < 1.29 is 34.2 Å². The van der Waals surface area contributed by atoms with Gasteiger partial charge in [0.25, 0.3) is 0 Å². The number of amides is 4. The largest absolute Gasteiger partial charge is 0.508 e. The summed E-state index contributed by atoms with van der Waals surface area (Å²) in [6.07, 6.45) is 1.02. The van der Waals surface area contributed by atoms with Gasteiger partial charge in [-0.3, -0.25) is 19.2 Å². The molecule has 2 aromatic rings. The van der Waals surface area contributed by atoms with Gasteiger partial charge in [0.2, 0.25) is 23.6 Å². The number of nitrogens with one attached hydrogen (secondary N) is 3. The summed E-state index contributed by atoms with van der Waals surface area (Å²) in [7, 11) is 0. The Morgan fingerprint density at radius 2 is 1.24 bits per heavy atom. The lowest BCUT2D eigenvalue weighted by atomic mass is 10.0. The van der Waals surface area contributed by atoms with Gasteiger partial charge in [-0.2, -0.15) is 0 Å². The van der Waals surface area contributed by atoms with E-state index >= 15 is 0 Å². The van der Waals surface area contributed by atoms with E-state index in [2.05, 4.69) is 16.0 Å². The van der Waals surface area contributed by atoms with Crippen LogP contribution in [0.3, 0.4) is 0 Å². The van der Waals surface area contributed by atoms with Crippen molar-refractivity contribution in [3.8, 4) is 5.75 Å². The Morgan fingerprint density at radius 3 is 1.76 bits per heavy atom. The van der Waals surface area contributed by atoms with E-state index in [9.17, 15) is 34.2 Å². The number of benzene rings is 2. The van der Waals surface area contributed by atoms with Crippen molar-refractivity contribution in [2.75, 3.05) is 6.54 Å². The summed E-state index contributed by atoms with van der Waals surface area (Å²) < 4.78 is 0. The van der Waals surface area contributed by atoms with Gasteiger partial charge in [0.15, 0.2) is 0 Å². The van der Waals surface area contributed by atoms with E-state index in [0.717, 1.165) is 5.56 Å². The number of primary amides is 1. The number of phenolic OH excluding ortho intramolecular Hbond substituents is 1. The first kappa shape index (κ1) is 32.7. The van der Waals surface area contributed by atoms with Crippen molar-refractivity contribution >= 4 is 29.6 Å². The fourth-order valence-electron chi connectivity index (χ4n) is 4.00. The Hall–Kier alpha value is -4.49. The number of aliphatic carboxylic acids is 1. The van der Waals surface area contributed by atoms with Gasteiger partial charge in [-0.05, 0) is 42.6 Å². The number of carbonyl (C=O) groups excluding carboxylic acids is 4. The molecule has 4 unspecified atom stereocenters. The maximum absolute atomic E-state index is 13.5. The molecule has 0 spiro atoms. The summed E-state index contributed by atoms with van der Waals surface area (Å²) in [6, 6.07) is 9.81. The Bertz CT molecular complexity index is 1180. The second-order valence-electron chi connectivity index (χ2n) is 9.64. The highest BCUT2D eigenvalue weighted by atomic mass is 16.4. The van der Waals surface area contributed by atoms with E-state index < -0.39 is 60.2 Å². The number of phenols is 1. The molecule has 0 aliphatic rings. The molecule has 41 heavy (non-hydrogen) atoms.